The average Bonchev–Trinajstić information content (AvgIpc) is 3.11. The van der Waals surface area contributed by atoms with Crippen LogP contribution in [0.4, 0.5) is 0 Å². The summed E-state index contributed by atoms with van der Waals surface area (Å²) >= 11 is 0. The largest absolute Gasteiger partial charge is 0.459 e. The first-order chi connectivity index (χ1) is 13.2. The summed E-state index contributed by atoms with van der Waals surface area (Å²) in [5, 5.41) is 4.19. The summed E-state index contributed by atoms with van der Waals surface area (Å²) in [6, 6.07) is 9.55. The van der Waals surface area contributed by atoms with Crippen molar-refractivity contribution >= 4 is 5.97 Å². The number of carbonyl (C=O) groups is 1. The van der Waals surface area contributed by atoms with Crippen LogP contribution in [-0.4, -0.2) is 21.4 Å². The third-order valence-corrected chi connectivity index (χ3v) is 5.21. The molecule has 1 unspecified atom stereocenters. The first-order valence-corrected chi connectivity index (χ1v) is 10.1. The fourth-order valence-electron chi connectivity index (χ4n) is 3.90. The maximum Gasteiger partial charge on any atom is 0.314 e. The summed E-state index contributed by atoms with van der Waals surface area (Å²) < 4.78 is 7.17. The second kappa shape index (κ2) is 8.29. The Balaban J connectivity index is 1.81. The van der Waals surface area contributed by atoms with Gasteiger partial charge >= 0.3 is 5.97 Å². The van der Waals surface area contributed by atoms with E-state index in [4.69, 9.17) is 4.74 Å². The number of nitrogens with zero attached hydrogens (tertiary/aromatic N) is 2. The molecule has 0 spiro atoms. The molecule has 5 nitrogen and oxygen atoms in total. The van der Waals surface area contributed by atoms with Crippen LogP contribution in [-0.2, 0) is 16.1 Å². The zero-order valence-corrected chi connectivity index (χ0v) is 17.3. The topological polar surface area (TPSA) is 61.2 Å². The van der Waals surface area contributed by atoms with Gasteiger partial charge in [-0.15, -0.1) is 0 Å². The van der Waals surface area contributed by atoms with Gasteiger partial charge in [-0.05, 0) is 63.1 Å². The van der Waals surface area contributed by atoms with Crippen LogP contribution in [0.1, 0.15) is 69.1 Å². The number of carbonyl (C=O) groups excluding carboxylic acids is 1. The van der Waals surface area contributed by atoms with E-state index < -0.39 is 5.60 Å². The molecule has 28 heavy (non-hydrogen) atoms. The van der Waals surface area contributed by atoms with Crippen LogP contribution >= 0.6 is 0 Å². The number of esters is 1. The number of hydrogen-bond donors (Lipinski definition) is 0. The Bertz CT molecular complexity index is 872. The molecule has 0 N–H and O–H groups in total. The highest BCUT2D eigenvalue weighted by Crippen LogP contribution is 2.39. The van der Waals surface area contributed by atoms with Crippen molar-refractivity contribution in [3.05, 3.63) is 63.6 Å². The number of ether oxygens (including phenoxy) is 1. The molecule has 1 aliphatic carbocycles. The van der Waals surface area contributed by atoms with Gasteiger partial charge in [-0.2, -0.15) is 5.10 Å². The molecule has 0 saturated heterocycles. The Morgan fingerprint density at radius 1 is 1.21 bits per heavy atom. The van der Waals surface area contributed by atoms with Gasteiger partial charge in [-0.1, -0.05) is 37.1 Å². The quantitative estimate of drug-likeness (QED) is 0.727. The highest BCUT2D eigenvalue weighted by Gasteiger charge is 2.35. The van der Waals surface area contributed by atoms with Crippen molar-refractivity contribution in [3.63, 3.8) is 0 Å². The standard InChI is InChI=1S/C23H30N2O3/c1-16-13-20(26)25(24-14-16)15-17-9-11-19(12-10-17)21(18-7-5-6-8-18)22(27)28-23(2,3)4/h9-14,18,21H,5-8,15H2,1-4H3. The number of rotatable bonds is 5. The van der Waals surface area contributed by atoms with Crippen LogP contribution in [0.2, 0.25) is 0 Å². The van der Waals surface area contributed by atoms with E-state index in [9.17, 15) is 9.59 Å². The van der Waals surface area contributed by atoms with Gasteiger partial charge in [0.1, 0.15) is 5.60 Å². The number of benzene rings is 1. The van der Waals surface area contributed by atoms with Gasteiger partial charge in [-0.3, -0.25) is 9.59 Å². The highest BCUT2D eigenvalue weighted by molar-refractivity contribution is 5.79. The Hall–Kier alpha value is -2.43. The Morgan fingerprint density at radius 2 is 1.86 bits per heavy atom. The van der Waals surface area contributed by atoms with Gasteiger partial charge in [0.05, 0.1) is 18.7 Å². The summed E-state index contributed by atoms with van der Waals surface area (Å²) in [5.74, 6) is -0.0262. The molecule has 0 bridgehead atoms. The summed E-state index contributed by atoms with van der Waals surface area (Å²) in [4.78, 5) is 25.0. The predicted molar refractivity (Wildman–Crippen MR) is 109 cm³/mol. The van der Waals surface area contributed by atoms with Crippen LogP contribution in [0.3, 0.4) is 0 Å². The summed E-state index contributed by atoms with van der Waals surface area (Å²) in [5.41, 5.74) is 2.23. The van der Waals surface area contributed by atoms with Gasteiger partial charge in [0, 0.05) is 6.07 Å². The fourth-order valence-corrected chi connectivity index (χ4v) is 3.90. The van der Waals surface area contributed by atoms with Gasteiger partial charge in [0.2, 0.25) is 0 Å². The molecule has 0 amide bonds. The molecular formula is C23H30N2O3. The molecule has 1 aromatic carbocycles. The van der Waals surface area contributed by atoms with Crippen LogP contribution in [0.5, 0.6) is 0 Å². The maximum absolute atomic E-state index is 12.9. The van der Waals surface area contributed by atoms with Crippen molar-refractivity contribution in [1.82, 2.24) is 9.78 Å². The van der Waals surface area contributed by atoms with E-state index in [1.807, 2.05) is 52.0 Å². The van der Waals surface area contributed by atoms with Crippen molar-refractivity contribution in [2.75, 3.05) is 0 Å². The molecule has 3 rings (SSSR count). The van der Waals surface area contributed by atoms with E-state index in [1.165, 1.54) is 17.5 Å². The van der Waals surface area contributed by atoms with Crippen molar-refractivity contribution < 1.29 is 9.53 Å². The SMILES string of the molecule is Cc1cnn(Cc2ccc(C(C(=O)OC(C)(C)C)C3CCCC3)cc2)c(=O)c1. The Morgan fingerprint density at radius 3 is 2.43 bits per heavy atom. The molecule has 1 aromatic heterocycles. The van der Waals surface area contributed by atoms with E-state index in [1.54, 1.807) is 12.3 Å². The monoisotopic (exact) mass is 382 g/mol. The molecule has 1 atom stereocenters. The van der Waals surface area contributed by atoms with Gasteiger partial charge in [-0.25, -0.2) is 4.68 Å². The fraction of sp³-hybridized carbons (Fsp3) is 0.522. The third-order valence-electron chi connectivity index (χ3n) is 5.21. The van der Waals surface area contributed by atoms with Crippen LogP contribution in [0.25, 0.3) is 0 Å². The van der Waals surface area contributed by atoms with Crippen molar-refractivity contribution in [2.45, 2.75) is 71.4 Å². The van der Waals surface area contributed by atoms with Crippen molar-refractivity contribution in [1.29, 1.82) is 0 Å². The minimum absolute atomic E-state index is 0.110. The lowest BCUT2D eigenvalue weighted by atomic mass is 9.84. The van der Waals surface area contributed by atoms with E-state index >= 15 is 0 Å². The minimum atomic E-state index is -0.494. The summed E-state index contributed by atoms with van der Waals surface area (Å²) in [6.07, 6.45) is 6.16. The summed E-state index contributed by atoms with van der Waals surface area (Å²) in [6.45, 7) is 8.00. The molecule has 1 heterocycles. The Kier molecular flexibility index (Phi) is 6.01. The van der Waals surface area contributed by atoms with E-state index in [0.717, 1.165) is 29.5 Å². The van der Waals surface area contributed by atoms with E-state index in [0.29, 0.717) is 12.5 Å². The molecule has 0 radical (unpaired) electrons. The molecule has 0 aliphatic heterocycles. The molecule has 150 valence electrons. The third kappa shape index (κ3) is 5.09. The second-order valence-corrected chi connectivity index (χ2v) is 8.83. The summed E-state index contributed by atoms with van der Waals surface area (Å²) in [7, 11) is 0. The van der Waals surface area contributed by atoms with Crippen molar-refractivity contribution in [2.24, 2.45) is 5.92 Å². The zero-order chi connectivity index (χ0) is 20.3. The molecule has 1 saturated carbocycles. The smallest absolute Gasteiger partial charge is 0.314 e. The molecule has 2 aromatic rings. The lowest BCUT2D eigenvalue weighted by Gasteiger charge is -2.27. The van der Waals surface area contributed by atoms with Crippen molar-refractivity contribution in [3.8, 4) is 0 Å². The Labute approximate surface area is 166 Å². The van der Waals surface area contributed by atoms with Gasteiger partial charge in [0.15, 0.2) is 0 Å². The van der Waals surface area contributed by atoms with E-state index in [2.05, 4.69) is 5.10 Å². The van der Waals surface area contributed by atoms with Gasteiger partial charge < -0.3 is 4.74 Å². The van der Waals surface area contributed by atoms with Crippen LogP contribution in [0, 0.1) is 12.8 Å². The number of aryl methyl sites for hydroxylation is 1. The zero-order valence-electron chi connectivity index (χ0n) is 17.3. The first kappa shape index (κ1) is 20.3. The second-order valence-electron chi connectivity index (χ2n) is 8.83. The van der Waals surface area contributed by atoms with Crippen LogP contribution < -0.4 is 5.56 Å². The van der Waals surface area contributed by atoms with E-state index in [-0.39, 0.29) is 17.4 Å². The molecular weight excluding hydrogens is 352 g/mol. The molecule has 5 heteroatoms. The first-order valence-electron chi connectivity index (χ1n) is 10.1. The lowest BCUT2D eigenvalue weighted by molar-refractivity contribution is -0.158. The molecule has 1 aliphatic rings. The normalized spacial score (nSPS) is 16.1. The minimum Gasteiger partial charge on any atom is -0.459 e. The van der Waals surface area contributed by atoms with Crippen LogP contribution in [0.15, 0.2) is 41.3 Å². The number of hydrogen-bond acceptors (Lipinski definition) is 4. The maximum atomic E-state index is 12.9. The average molecular weight is 383 g/mol. The molecule has 1 fully saturated rings. The highest BCUT2D eigenvalue weighted by atomic mass is 16.6. The predicted octanol–water partition coefficient (Wildman–Crippen LogP) is 4.22. The number of aromatic nitrogens is 2. The van der Waals surface area contributed by atoms with Gasteiger partial charge in [0.25, 0.3) is 5.56 Å². The lowest BCUT2D eigenvalue weighted by Crippen LogP contribution is -2.30.